The van der Waals surface area contributed by atoms with Gasteiger partial charge in [0.25, 0.3) is 10.0 Å². The Morgan fingerprint density at radius 3 is 2.24 bits per heavy atom. The summed E-state index contributed by atoms with van der Waals surface area (Å²) in [5.41, 5.74) is 4.69. The fourth-order valence-electron chi connectivity index (χ4n) is 1.48. The third-order valence-electron chi connectivity index (χ3n) is 2.38. The molecule has 21 heavy (non-hydrogen) atoms. The molecule has 3 N–H and O–H groups in total. The van der Waals surface area contributed by atoms with Gasteiger partial charge in [-0.2, -0.15) is 0 Å². The molecule has 1 aromatic heterocycles. The summed E-state index contributed by atoms with van der Waals surface area (Å²) in [6.45, 7) is 0. The molecule has 0 saturated heterocycles. The van der Waals surface area contributed by atoms with E-state index in [4.69, 9.17) is 5.73 Å². The third kappa shape index (κ3) is 3.50. The van der Waals surface area contributed by atoms with Crippen LogP contribution in [0.15, 0.2) is 38.2 Å². The van der Waals surface area contributed by atoms with E-state index in [0.717, 1.165) is 12.1 Å². The monoisotopic (exact) mass is 441 g/mol. The van der Waals surface area contributed by atoms with E-state index in [1.165, 1.54) is 12.3 Å². The van der Waals surface area contributed by atoms with Crippen molar-refractivity contribution in [3.05, 3.63) is 45.0 Å². The average molecular weight is 443 g/mol. The smallest absolute Gasteiger partial charge is 0.265 e. The van der Waals surface area contributed by atoms with Crippen LogP contribution in [0.1, 0.15) is 0 Å². The molecule has 5 nitrogen and oxygen atoms in total. The highest BCUT2D eigenvalue weighted by Gasteiger charge is 2.23. The standard InChI is InChI=1S/C11H7Br2F2N3O2S/c12-5-1-7(14)10(8(15)2-5)18-21(19,20)9-3-6(13)4-17-11(9)16/h1-4,18H,(H2,16,17). The van der Waals surface area contributed by atoms with Gasteiger partial charge >= 0.3 is 0 Å². The predicted octanol–water partition coefficient (Wildman–Crippen LogP) is 3.27. The Hall–Kier alpha value is -1.26. The van der Waals surface area contributed by atoms with E-state index in [-0.39, 0.29) is 10.3 Å². The summed E-state index contributed by atoms with van der Waals surface area (Å²) in [6.07, 6.45) is 1.30. The molecule has 0 bridgehead atoms. The second-order valence-electron chi connectivity index (χ2n) is 3.89. The average Bonchev–Trinajstić information content (AvgIpc) is 2.36. The van der Waals surface area contributed by atoms with E-state index in [2.05, 4.69) is 36.8 Å². The van der Waals surface area contributed by atoms with Crippen LogP contribution in [0, 0.1) is 11.6 Å². The number of pyridine rings is 1. The summed E-state index contributed by atoms with van der Waals surface area (Å²) < 4.78 is 54.0. The van der Waals surface area contributed by atoms with Crippen molar-refractivity contribution in [2.24, 2.45) is 0 Å². The van der Waals surface area contributed by atoms with Gasteiger partial charge in [-0.25, -0.2) is 22.2 Å². The molecule has 0 atom stereocenters. The van der Waals surface area contributed by atoms with Crippen molar-refractivity contribution >= 4 is 53.4 Å². The van der Waals surface area contributed by atoms with Gasteiger partial charge in [-0.15, -0.1) is 0 Å². The zero-order valence-corrected chi connectivity index (χ0v) is 14.1. The lowest BCUT2D eigenvalue weighted by Gasteiger charge is -2.11. The molecule has 0 aliphatic rings. The van der Waals surface area contributed by atoms with E-state index in [1.54, 1.807) is 0 Å². The Morgan fingerprint density at radius 1 is 1.10 bits per heavy atom. The number of nitrogens with zero attached hydrogens (tertiary/aromatic N) is 1. The fourth-order valence-corrected chi connectivity index (χ4v) is 3.54. The fraction of sp³-hybridized carbons (Fsp3) is 0. The van der Waals surface area contributed by atoms with Gasteiger partial charge in [0.05, 0.1) is 0 Å². The number of nitrogens with two attached hydrogens (primary N) is 1. The first-order valence-corrected chi connectivity index (χ1v) is 8.36. The molecule has 10 heteroatoms. The molecule has 1 heterocycles. The molecule has 1 aromatic carbocycles. The van der Waals surface area contributed by atoms with Gasteiger partial charge in [0.15, 0.2) is 11.6 Å². The molecular formula is C11H7Br2F2N3O2S. The molecule has 0 aliphatic heterocycles. The molecule has 0 aliphatic carbocycles. The minimum atomic E-state index is -4.29. The number of anilines is 2. The van der Waals surface area contributed by atoms with Crippen LogP contribution in [0.3, 0.4) is 0 Å². The van der Waals surface area contributed by atoms with E-state index in [0.29, 0.717) is 4.47 Å². The number of aromatic nitrogens is 1. The lowest BCUT2D eigenvalue weighted by atomic mass is 10.3. The van der Waals surface area contributed by atoms with Crippen molar-refractivity contribution in [2.75, 3.05) is 10.5 Å². The largest absolute Gasteiger partial charge is 0.383 e. The Bertz CT molecular complexity index is 792. The van der Waals surface area contributed by atoms with E-state index in [1.807, 2.05) is 4.72 Å². The highest BCUT2D eigenvalue weighted by atomic mass is 79.9. The maximum absolute atomic E-state index is 13.7. The number of nitrogen functional groups attached to an aromatic ring is 1. The molecule has 0 amide bonds. The van der Waals surface area contributed by atoms with Crippen LogP contribution < -0.4 is 10.5 Å². The Morgan fingerprint density at radius 2 is 1.67 bits per heavy atom. The summed E-state index contributed by atoms with van der Waals surface area (Å²) in [4.78, 5) is 3.27. The van der Waals surface area contributed by atoms with Crippen molar-refractivity contribution in [3.8, 4) is 0 Å². The van der Waals surface area contributed by atoms with Crippen LogP contribution >= 0.6 is 31.9 Å². The lowest BCUT2D eigenvalue weighted by molar-refractivity contribution is 0.582. The predicted molar refractivity (Wildman–Crippen MR) is 81.2 cm³/mol. The van der Waals surface area contributed by atoms with Gasteiger partial charge in [0, 0.05) is 15.1 Å². The Labute approximate surface area is 135 Å². The maximum Gasteiger partial charge on any atom is 0.265 e. The number of nitrogens with one attached hydrogen (secondary N) is 1. The highest BCUT2D eigenvalue weighted by molar-refractivity contribution is 9.10. The minimum Gasteiger partial charge on any atom is -0.383 e. The quantitative estimate of drug-likeness (QED) is 0.763. The molecule has 112 valence electrons. The SMILES string of the molecule is Nc1ncc(Br)cc1S(=O)(=O)Nc1c(F)cc(Br)cc1F. The molecule has 0 radical (unpaired) electrons. The van der Waals surface area contributed by atoms with Gasteiger partial charge in [-0.05, 0) is 34.1 Å². The summed E-state index contributed by atoms with van der Waals surface area (Å²) in [6, 6.07) is 3.05. The zero-order chi connectivity index (χ0) is 15.8. The van der Waals surface area contributed by atoms with Crippen molar-refractivity contribution in [1.29, 1.82) is 0 Å². The van der Waals surface area contributed by atoms with Crippen LogP contribution in [-0.4, -0.2) is 13.4 Å². The molecule has 0 spiro atoms. The van der Waals surface area contributed by atoms with Gasteiger partial charge in [-0.3, -0.25) is 4.72 Å². The first-order chi connectivity index (χ1) is 9.70. The van der Waals surface area contributed by atoms with E-state index < -0.39 is 32.2 Å². The maximum atomic E-state index is 13.7. The van der Waals surface area contributed by atoms with Crippen molar-refractivity contribution in [2.45, 2.75) is 4.90 Å². The first kappa shape index (κ1) is 16.1. The summed E-state index contributed by atoms with van der Waals surface area (Å²) in [5, 5.41) is 0. The van der Waals surface area contributed by atoms with Gasteiger partial charge < -0.3 is 5.73 Å². The molecule has 2 aromatic rings. The Balaban J connectivity index is 2.50. The van der Waals surface area contributed by atoms with E-state index >= 15 is 0 Å². The highest BCUT2D eigenvalue weighted by Crippen LogP contribution is 2.28. The van der Waals surface area contributed by atoms with Crippen LogP contribution in [0.4, 0.5) is 20.3 Å². The first-order valence-electron chi connectivity index (χ1n) is 5.29. The van der Waals surface area contributed by atoms with Crippen LogP contribution in [0.2, 0.25) is 0 Å². The topological polar surface area (TPSA) is 85.1 Å². The molecule has 2 rings (SSSR count). The number of sulfonamides is 1. The molecular weight excluding hydrogens is 436 g/mol. The Kier molecular flexibility index (Phi) is 4.49. The minimum absolute atomic E-state index is 0.143. The molecule has 0 fully saturated rings. The normalized spacial score (nSPS) is 11.4. The third-order valence-corrected chi connectivity index (χ3v) is 4.65. The molecule has 0 saturated carbocycles. The van der Waals surface area contributed by atoms with Crippen LogP contribution in [0.25, 0.3) is 0 Å². The van der Waals surface area contributed by atoms with Crippen molar-refractivity contribution in [1.82, 2.24) is 4.98 Å². The number of halogens is 4. The molecule has 0 unspecified atom stereocenters. The van der Waals surface area contributed by atoms with Crippen molar-refractivity contribution in [3.63, 3.8) is 0 Å². The summed E-state index contributed by atoms with van der Waals surface area (Å²) in [7, 11) is -4.29. The van der Waals surface area contributed by atoms with Gasteiger partial charge in [-0.1, -0.05) is 15.9 Å². The zero-order valence-electron chi connectivity index (χ0n) is 10.1. The number of rotatable bonds is 3. The summed E-state index contributed by atoms with van der Waals surface area (Å²) in [5.74, 6) is -2.41. The lowest BCUT2D eigenvalue weighted by Crippen LogP contribution is -2.17. The van der Waals surface area contributed by atoms with Gasteiger partial charge in [0.1, 0.15) is 16.4 Å². The number of benzene rings is 1. The van der Waals surface area contributed by atoms with Crippen LogP contribution in [0.5, 0.6) is 0 Å². The van der Waals surface area contributed by atoms with Crippen LogP contribution in [-0.2, 0) is 10.0 Å². The number of hydrogen-bond donors (Lipinski definition) is 2. The second kappa shape index (κ2) is 5.85. The second-order valence-corrected chi connectivity index (χ2v) is 7.37. The number of hydrogen-bond acceptors (Lipinski definition) is 4. The van der Waals surface area contributed by atoms with Gasteiger partial charge in [0.2, 0.25) is 0 Å². The van der Waals surface area contributed by atoms with Crippen molar-refractivity contribution < 1.29 is 17.2 Å². The van der Waals surface area contributed by atoms with E-state index in [9.17, 15) is 17.2 Å². The summed E-state index contributed by atoms with van der Waals surface area (Å²) >= 11 is 5.95.